The molecule has 1 aromatic heterocycles. The van der Waals surface area contributed by atoms with E-state index in [9.17, 15) is 4.79 Å². The van der Waals surface area contributed by atoms with Crippen molar-refractivity contribution >= 4 is 11.7 Å². The molecule has 18 heavy (non-hydrogen) atoms. The molecule has 2 aliphatic rings. The first-order valence-electron chi connectivity index (χ1n) is 6.21. The summed E-state index contributed by atoms with van der Waals surface area (Å²) in [4.78, 5) is 16.9. The summed E-state index contributed by atoms with van der Waals surface area (Å²) in [7, 11) is 0. The Kier molecular flexibility index (Phi) is 2.70. The molecule has 0 saturated carbocycles. The second kappa shape index (κ2) is 4.24. The second-order valence-corrected chi connectivity index (χ2v) is 5.18. The van der Waals surface area contributed by atoms with E-state index in [1.165, 1.54) is 0 Å². The first-order chi connectivity index (χ1) is 8.69. The molecule has 0 unspecified atom stereocenters. The van der Waals surface area contributed by atoms with Crippen LogP contribution in [0, 0.1) is 5.41 Å². The largest absolute Gasteiger partial charge is 0.477 e. The quantitative estimate of drug-likeness (QED) is 0.857. The van der Waals surface area contributed by atoms with Crippen molar-refractivity contribution in [1.82, 2.24) is 4.98 Å². The van der Waals surface area contributed by atoms with Gasteiger partial charge in [0.05, 0.1) is 11.9 Å². The summed E-state index contributed by atoms with van der Waals surface area (Å²) < 4.78 is 5.39. The highest BCUT2D eigenvalue weighted by Gasteiger charge is 2.43. The third kappa shape index (κ3) is 1.95. The van der Waals surface area contributed by atoms with Crippen molar-refractivity contribution in [1.29, 1.82) is 0 Å². The molecule has 0 amide bonds. The molecule has 0 aromatic carbocycles. The highest BCUT2D eigenvalue weighted by molar-refractivity contribution is 5.85. The van der Waals surface area contributed by atoms with Gasteiger partial charge in [0.25, 0.3) is 0 Å². The topological polar surface area (TPSA) is 62.7 Å². The van der Waals surface area contributed by atoms with Gasteiger partial charge < -0.3 is 14.7 Å². The van der Waals surface area contributed by atoms with Gasteiger partial charge in [0.1, 0.15) is 5.69 Å². The van der Waals surface area contributed by atoms with Gasteiger partial charge in [-0.2, -0.15) is 0 Å². The van der Waals surface area contributed by atoms with Crippen LogP contribution in [-0.4, -0.2) is 42.4 Å². The lowest BCUT2D eigenvalue weighted by molar-refractivity contribution is -0.000219. The molecule has 5 nitrogen and oxygen atoms in total. The second-order valence-electron chi connectivity index (χ2n) is 5.18. The van der Waals surface area contributed by atoms with Crippen LogP contribution >= 0.6 is 0 Å². The van der Waals surface area contributed by atoms with Gasteiger partial charge in [-0.15, -0.1) is 0 Å². The Labute approximate surface area is 105 Å². The lowest BCUT2D eigenvalue weighted by atomic mass is 9.73. The van der Waals surface area contributed by atoms with Gasteiger partial charge in [-0.3, -0.25) is 0 Å². The molecule has 3 heterocycles. The molecule has 3 rings (SSSR count). The smallest absolute Gasteiger partial charge is 0.354 e. The number of rotatable bonds is 2. The number of aromatic nitrogens is 1. The fraction of sp³-hybridized carbons (Fsp3) is 0.538. The third-order valence-corrected chi connectivity index (χ3v) is 3.94. The van der Waals surface area contributed by atoms with E-state index in [2.05, 4.69) is 9.88 Å². The number of ether oxygens (including phenoxy) is 1. The molecule has 5 heteroatoms. The van der Waals surface area contributed by atoms with Crippen LogP contribution in [0.15, 0.2) is 18.3 Å². The van der Waals surface area contributed by atoms with Crippen LogP contribution in [0.4, 0.5) is 5.69 Å². The summed E-state index contributed by atoms with van der Waals surface area (Å²) in [5.41, 5.74) is 1.53. The van der Waals surface area contributed by atoms with Crippen LogP contribution in [0.3, 0.4) is 0 Å². The molecule has 2 aliphatic heterocycles. The predicted octanol–water partition coefficient (Wildman–Crippen LogP) is 1.40. The van der Waals surface area contributed by atoms with E-state index in [-0.39, 0.29) is 5.69 Å². The van der Waals surface area contributed by atoms with E-state index in [0.717, 1.165) is 44.8 Å². The van der Waals surface area contributed by atoms with Crippen LogP contribution < -0.4 is 4.90 Å². The highest BCUT2D eigenvalue weighted by Crippen LogP contribution is 2.41. The van der Waals surface area contributed by atoms with E-state index >= 15 is 0 Å². The maximum atomic E-state index is 10.7. The fourth-order valence-corrected chi connectivity index (χ4v) is 2.77. The van der Waals surface area contributed by atoms with Gasteiger partial charge in [0.15, 0.2) is 0 Å². The Hall–Kier alpha value is -1.62. The van der Waals surface area contributed by atoms with Crippen molar-refractivity contribution in [3.05, 3.63) is 24.0 Å². The zero-order valence-electron chi connectivity index (χ0n) is 10.1. The molecule has 0 atom stereocenters. The predicted molar refractivity (Wildman–Crippen MR) is 65.9 cm³/mol. The Balaban J connectivity index is 1.65. The number of nitrogens with zero attached hydrogens (tertiary/aromatic N) is 2. The van der Waals surface area contributed by atoms with Gasteiger partial charge in [0.2, 0.25) is 0 Å². The highest BCUT2D eigenvalue weighted by atomic mass is 16.5. The lowest BCUT2D eigenvalue weighted by Crippen LogP contribution is -2.58. The third-order valence-electron chi connectivity index (χ3n) is 3.94. The first kappa shape index (κ1) is 11.5. The molecule has 2 saturated heterocycles. The zero-order valence-corrected chi connectivity index (χ0v) is 10.1. The van der Waals surface area contributed by atoms with Gasteiger partial charge in [-0.05, 0) is 25.0 Å². The minimum absolute atomic E-state index is 0.0973. The maximum absolute atomic E-state index is 10.7. The molecule has 2 fully saturated rings. The fourth-order valence-electron chi connectivity index (χ4n) is 2.77. The van der Waals surface area contributed by atoms with E-state index in [1.54, 1.807) is 12.3 Å². The van der Waals surface area contributed by atoms with E-state index in [1.807, 2.05) is 6.07 Å². The van der Waals surface area contributed by atoms with Crippen LogP contribution in [0.5, 0.6) is 0 Å². The van der Waals surface area contributed by atoms with Crippen LogP contribution in [0.1, 0.15) is 23.3 Å². The van der Waals surface area contributed by atoms with Crippen molar-refractivity contribution in [2.24, 2.45) is 5.41 Å². The van der Waals surface area contributed by atoms with Gasteiger partial charge in [-0.1, -0.05) is 0 Å². The maximum Gasteiger partial charge on any atom is 0.354 e. The minimum Gasteiger partial charge on any atom is -0.477 e. The molecule has 0 bridgehead atoms. The van der Waals surface area contributed by atoms with E-state index < -0.39 is 5.97 Å². The van der Waals surface area contributed by atoms with Crippen molar-refractivity contribution in [3.63, 3.8) is 0 Å². The summed E-state index contributed by atoms with van der Waals surface area (Å²) >= 11 is 0. The molecule has 0 radical (unpaired) electrons. The zero-order chi connectivity index (χ0) is 12.6. The SMILES string of the molecule is O=C(O)c1ccc(N2CC3(CCOCC3)C2)cn1. The van der Waals surface area contributed by atoms with Crippen molar-refractivity contribution in [3.8, 4) is 0 Å². The summed E-state index contributed by atoms with van der Waals surface area (Å²) in [5.74, 6) is -0.981. The monoisotopic (exact) mass is 248 g/mol. The number of hydrogen-bond acceptors (Lipinski definition) is 4. The van der Waals surface area contributed by atoms with Gasteiger partial charge in [-0.25, -0.2) is 9.78 Å². The number of carboxylic acid groups (broad SMARTS) is 1. The molecule has 1 N–H and O–H groups in total. The van der Waals surface area contributed by atoms with Gasteiger partial charge in [0, 0.05) is 31.7 Å². The minimum atomic E-state index is -0.981. The normalized spacial score (nSPS) is 21.7. The molecule has 0 aliphatic carbocycles. The lowest BCUT2D eigenvalue weighted by Gasteiger charge is -2.53. The average Bonchev–Trinajstić information content (AvgIpc) is 2.37. The summed E-state index contributed by atoms with van der Waals surface area (Å²) in [6.45, 7) is 3.79. The van der Waals surface area contributed by atoms with Gasteiger partial charge >= 0.3 is 5.97 Å². The van der Waals surface area contributed by atoms with Crippen LogP contribution in [-0.2, 0) is 4.74 Å². The molecule has 96 valence electrons. The standard InChI is InChI=1S/C13H16N2O3/c16-12(17)11-2-1-10(7-14-11)15-8-13(9-15)3-5-18-6-4-13/h1-2,7H,3-6,8-9H2,(H,16,17). The van der Waals surface area contributed by atoms with Crippen LogP contribution in [0.2, 0.25) is 0 Å². The molecule has 1 aromatic rings. The number of aromatic carboxylic acids is 1. The van der Waals surface area contributed by atoms with Crippen molar-refractivity contribution in [2.75, 3.05) is 31.2 Å². The number of hydrogen-bond donors (Lipinski definition) is 1. The summed E-state index contributed by atoms with van der Waals surface area (Å²) in [5, 5.41) is 8.79. The van der Waals surface area contributed by atoms with Crippen LogP contribution in [0.25, 0.3) is 0 Å². The number of carbonyl (C=O) groups is 1. The van der Waals surface area contributed by atoms with Crippen molar-refractivity contribution < 1.29 is 14.6 Å². The molecule has 1 spiro atoms. The summed E-state index contributed by atoms with van der Waals surface area (Å²) in [6, 6.07) is 3.40. The average molecular weight is 248 g/mol. The number of anilines is 1. The van der Waals surface area contributed by atoms with E-state index in [0.29, 0.717) is 5.41 Å². The molecular formula is C13H16N2O3. The Morgan fingerprint density at radius 3 is 2.61 bits per heavy atom. The Bertz CT molecular complexity index is 444. The summed E-state index contributed by atoms with van der Waals surface area (Å²) in [6.07, 6.45) is 3.91. The number of carboxylic acids is 1. The Morgan fingerprint density at radius 1 is 1.33 bits per heavy atom. The van der Waals surface area contributed by atoms with Crippen molar-refractivity contribution in [2.45, 2.75) is 12.8 Å². The van der Waals surface area contributed by atoms with E-state index in [4.69, 9.17) is 9.84 Å². The Morgan fingerprint density at radius 2 is 2.06 bits per heavy atom. The molecular weight excluding hydrogens is 232 g/mol. The first-order valence-corrected chi connectivity index (χ1v) is 6.21. The number of pyridine rings is 1.